The maximum atomic E-state index is 5.58. The van der Waals surface area contributed by atoms with Gasteiger partial charge in [-0.25, -0.2) is 0 Å². The van der Waals surface area contributed by atoms with Crippen LogP contribution in [-0.4, -0.2) is 33.0 Å². The minimum absolute atomic E-state index is 0.617. The van der Waals surface area contributed by atoms with Gasteiger partial charge in [-0.05, 0) is 37.3 Å². The third-order valence-corrected chi connectivity index (χ3v) is 5.75. The molecule has 27 heavy (non-hydrogen) atoms. The summed E-state index contributed by atoms with van der Waals surface area (Å²) < 4.78 is 13.1. The summed E-state index contributed by atoms with van der Waals surface area (Å²) in [5.74, 6) is 4.62. The van der Waals surface area contributed by atoms with Crippen LogP contribution in [0.25, 0.3) is 0 Å². The molecule has 0 N–H and O–H groups in total. The number of aryl methyl sites for hydroxylation is 1. The first-order chi connectivity index (χ1) is 13.1. The zero-order valence-corrected chi connectivity index (χ0v) is 16.8. The number of piperidine rings is 1. The van der Waals surface area contributed by atoms with E-state index in [-0.39, 0.29) is 0 Å². The highest BCUT2D eigenvalue weighted by Gasteiger charge is 2.27. The Morgan fingerprint density at radius 3 is 2.67 bits per heavy atom. The molecule has 8 heteroatoms. The number of furan rings is 1. The Bertz CT molecular complexity index is 863. The van der Waals surface area contributed by atoms with Crippen molar-refractivity contribution in [3.05, 3.63) is 41.7 Å². The summed E-state index contributed by atoms with van der Waals surface area (Å²) >= 11 is 1.61. The molecule has 4 heterocycles. The van der Waals surface area contributed by atoms with Gasteiger partial charge in [0.1, 0.15) is 11.5 Å². The normalized spacial score (nSPS) is 20.3. The summed E-state index contributed by atoms with van der Waals surface area (Å²) in [4.78, 5) is 2.36. The predicted molar refractivity (Wildman–Crippen MR) is 104 cm³/mol. The number of hydrogen-bond acceptors (Lipinski definition) is 7. The molecule has 2 unspecified atom stereocenters. The van der Waals surface area contributed by atoms with Crippen molar-refractivity contribution in [2.24, 2.45) is 11.8 Å². The molecule has 4 rings (SSSR count). The minimum Gasteiger partial charge on any atom is -0.467 e. The van der Waals surface area contributed by atoms with E-state index in [1.54, 1.807) is 18.0 Å². The number of aromatic nitrogens is 4. The highest BCUT2D eigenvalue weighted by atomic mass is 32.2. The summed E-state index contributed by atoms with van der Waals surface area (Å²) in [6.07, 6.45) is 2.96. The molecule has 0 saturated carbocycles. The van der Waals surface area contributed by atoms with Crippen LogP contribution in [0.4, 0.5) is 5.95 Å². The maximum absolute atomic E-state index is 5.58. The molecule has 0 amide bonds. The first kappa shape index (κ1) is 18.2. The largest absolute Gasteiger partial charge is 0.467 e. The molecule has 7 nitrogen and oxygen atoms in total. The van der Waals surface area contributed by atoms with Crippen LogP contribution in [-0.2, 0) is 12.3 Å². The molecular weight excluding hydrogens is 362 g/mol. The van der Waals surface area contributed by atoms with E-state index in [2.05, 4.69) is 38.7 Å². The molecule has 0 spiro atoms. The van der Waals surface area contributed by atoms with Crippen molar-refractivity contribution in [2.45, 2.75) is 44.6 Å². The van der Waals surface area contributed by atoms with Crippen LogP contribution in [0.15, 0.2) is 38.6 Å². The van der Waals surface area contributed by atoms with Gasteiger partial charge in [-0.15, -0.1) is 10.2 Å². The fourth-order valence-electron chi connectivity index (χ4n) is 3.76. The molecule has 2 atom stereocenters. The second-order valence-corrected chi connectivity index (χ2v) is 8.46. The van der Waals surface area contributed by atoms with Crippen molar-refractivity contribution in [3.8, 4) is 0 Å². The quantitative estimate of drug-likeness (QED) is 0.592. The lowest BCUT2D eigenvalue weighted by Crippen LogP contribution is -2.40. The lowest BCUT2D eigenvalue weighted by molar-refractivity contribution is 0.350. The molecule has 3 aromatic heterocycles. The van der Waals surface area contributed by atoms with E-state index in [9.17, 15) is 0 Å². The van der Waals surface area contributed by atoms with Crippen molar-refractivity contribution < 1.29 is 8.94 Å². The van der Waals surface area contributed by atoms with Crippen LogP contribution >= 0.6 is 11.8 Å². The van der Waals surface area contributed by atoms with Crippen LogP contribution in [0.3, 0.4) is 0 Å². The topological polar surface area (TPSA) is 73.1 Å². The highest BCUT2D eigenvalue weighted by molar-refractivity contribution is 7.98. The molecule has 3 aromatic rings. The third-order valence-electron chi connectivity index (χ3n) is 4.76. The van der Waals surface area contributed by atoms with Crippen LogP contribution in [0.5, 0.6) is 0 Å². The van der Waals surface area contributed by atoms with E-state index in [0.29, 0.717) is 24.1 Å². The smallest absolute Gasteiger partial charge is 0.228 e. The van der Waals surface area contributed by atoms with E-state index in [1.807, 2.05) is 25.1 Å². The van der Waals surface area contributed by atoms with Gasteiger partial charge in [0.25, 0.3) is 0 Å². The Hall–Kier alpha value is -2.22. The Balaban J connectivity index is 1.59. The second kappa shape index (κ2) is 7.80. The van der Waals surface area contributed by atoms with Crippen molar-refractivity contribution in [3.63, 3.8) is 0 Å². The summed E-state index contributed by atoms with van der Waals surface area (Å²) in [6, 6.07) is 5.85. The van der Waals surface area contributed by atoms with Gasteiger partial charge in [0, 0.05) is 19.2 Å². The highest BCUT2D eigenvalue weighted by Crippen LogP contribution is 2.30. The van der Waals surface area contributed by atoms with Gasteiger partial charge in [-0.2, -0.15) is 0 Å². The summed E-state index contributed by atoms with van der Waals surface area (Å²) in [5, 5.41) is 13.8. The Morgan fingerprint density at radius 2 is 2.00 bits per heavy atom. The van der Waals surface area contributed by atoms with Gasteiger partial charge < -0.3 is 13.8 Å². The number of anilines is 1. The molecule has 0 aromatic carbocycles. The van der Waals surface area contributed by atoms with Gasteiger partial charge in [0.2, 0.25) is 5.95 Å². The van der Waals surface area contributed by atoms with Gasteiger partial charge in [-0.1, -0.05) is 30.8 Å². The SMILES string of the molecule is Cc1cc(CSc2nnc(N3CC(C)CC(C)C3)n2Cc2ccco2)on1. The monoisotopic (exact) mass is 387 g/mol. The predicted octanol–water partition coefficient (Wildman–Crippen LogP) is 3.99. The van der Waals surface area contributed by atoms with Gasteiger partial charge >= 0.3 is 0 Å². The Labute approximate surface area is 163 Å². The maximum Gasteiger partial charge on any atom is 0.228 e. The molecule has 1 saturated heterocycles. The van der Waals surface area contributed by atoms with Crippen molar-refractivity contribution in [1.29, 1.82) is 0 Å². The zero-order valence-electron chi connectivity index (χ0n) is 16.0. The van der Waals surface area contributed by atoms with Crippen LogP contribution in [0.1, 0.15) is 37.5 Å². The minimum atomic E-state index is 0.617. The van der Waals surface area contributed by atoms with Crippen LogP contribution in [0, 0.1) is 18.8 Å². The number of nitrogens with zero attached hydrogens (tertiary/aromatic N) is 5. The molecule has 0 radical (unpaired) electrons. The van der Waals surface area contributed by atoms with Gasteiger partial charge in [-0.3, -0.25) is 4.57 Å². The lowest BCUT2D eigenvalue weighted by atomic mass is 9.92. The summed E-state index contributed by atoms with van der Waals surface area (Å²) in [7, 11) is 0. The van der Waals surface area contributed by atoms with Crippen molar-refractivity contribution in [1.82, 2.24) is 19.9 Å². The molecule has 1 aliphatic heterocycles. The number of thioether (sulfide) groups is 1. The van der Waals surface area contributed by atoms with E-state index < -0.39 is 0 Å². The average molecular weight is 388 g/mol. The van der Waals surface area contributed by atoms with Gasteiger partial charge in [0.05, 0.1) is 24.3 Å². The molecule has 1 aliphatic rings. The van der Waals surface area contributed by atoms with Crippen molar-refractivity contribution in [2.75, 3.05) is 18.0 Å². The first-order valence-corrected chi connectivity index (χ1v) is 10.3. The van der Waals surface area contributed by atoms with E-state index in [0.717, 1.165) is 41.4 Å². The van der Waals surface area contributed by atoms with Crippen LogP contribution < -0.4 is 4.90 Å². The number of rotatable bonds is 6. The van der Waals surface area contributed by atoms with E-state index in [1.165, 1.54) is 6.42 Å². The van der Waals surface area contributed by atoms with Crippen LogP contribution in [0.2, 0.25) is 0 Å². The molecule has 144 valence electrons. The fourth-order valence-corrected chi connectivity index (χ4v) is 4.57. The molecule has 1 fully saturated rings. The van der Waals surface area contributed by atoms with E-state index in [4.69, 9.17) is 8.94 Å². The first-order valence-electron chi connectivity index (χ1n) is 9.34. The number of hydrogen-bond donors (Lipinski definition) is 0. The fraction of sp³-hybridized carbons (Fsp3) is 0.526. The second-order valence-electron chi connectivity index (χ2n) is 7.52. The summed E-state index contributed by atoms with van der Waals surface area (Å²) in [6.45, 7) is 9.16. The Kier molecular flexibility index (Phi) is 5.24. The zero-order chi connectivity index (χ0) is 18.8. The van der Waals surface area contributed by atoms with Crippen molar-refractivity contribution >= 4 is 17.7 Å². The third kappa shape index (κ3) is 4.21. The summed E-state index contributed by atoms with van der Waals surface area (Å²) in [5.41, 5.74) is 0.889. The van der Waals surface area contributed by atoms with Gasteiger partial charge in [0.15, 0.2) is 5.16 Å². The average Bonchev–Trinajstić information content (AvgIpc) is 3.34. The Morgan fingerprint density at radius 1 is 1.19 bits per heavy atom. The molecular formula is C19H25N5O2S. The standard InChI is InChI=1S/C19H25N5O2S/c1-13-7-14(2)10-23(9-13)18-20-21-19(24(18)11-16-5-4-6-25-16)27-12-17-8-15(3)22-26-17/h4-6,8,13-14H,7,9-12H2,1-3H3. The molecule has 0 bridgehead atoms. The molecule has 0 aliphatic carbocycles. The lowest BCUT2D eigenvalue weighted by Gasteiger charge is -2.35. The van der Waals surface area contributed by atoms with E-state index >= 15 is 0 Å².